The van der Waals surface area contributed by atoms with Gasteiger partial charge in [0.15, 0.2) is 0 Å². The number of rotatable bonds is 5. The minimum absolute atomic E-state index is 0.734. The van der Waals surface area contributed by atoms with E-state index in [-0.39, 0.29) is 0 Å². The van der Waals surface area contributed by atoms with Crippen molar-refractivity contribution in [3.63, 3.8) is 0 Å². The Morgan fingerprint density at radius 2 is 2.23 bits per heavy atom. The largest absolute Gasteiger partial charge is 0.472 e. The topological polar surface area (TPSA) is 13.1 Å². The first-order valence-corrected chi connectivity index (χ1v) is 5.91. The first kappa shape index (κ1) is 10.8. The SMILES string of the molecule is CC(C)CC(CBr)Cc1ccoc1. The van der Waals surface area contributed by atoms with Crippen LogP contribution in [0.4, 0.5) is 0 Å². The van der Waals surface area contributed by atoms with Gasteiger partial charge in [-0.3, -0.25) is 0 Å². The molecule has 1 aromatic heterocycles. The van der Waals surface area contributed by atoms with Gasteiger partial charge in [-0.25, -0.2) is 0 Å². The summed E-state index contributed by atoms with van der Waals surface area (Å²) in [5, 5.41) is 1.08. The zero-order valence-electron chi connectivity index (χ0n) is 8.29. The van der Waals surface area contributed by atoms with Crippen molar-refractivity contribution in [2.75, 3.05) is 5.33 Å². The van der Waals surface area contributed by atoms with Gasteiger partial charge in [-0.1, -0.05) is 29.8 Å². The zero-order chi connectivity index (χ0) is 9.68. The van der Waals surface area contributed by atoms with Gasteiger partial charge < -0.3 is 4.42 Å². The number of furan rings is 1. The predicted octanol–water partition coefficient (Wildman–Crippen LogP) is 3.88. The monoisotopic (exact) mass is 244 g/mol. The highest BCUT2D eigenvalue weighted by Gasteiger charge is 2.10. The summed E-state index contributed by atoms with van der Waals surface area (Å²) in [5.41, 5.74) is 1.31. The van der Waals surface area contributed by atoms with Crippen LogP contribution in [0.2, 0.25) is 0 Å². The van der Waals surface area contributed by atoms with E-state index in [0.29, 0.717) is 0 Å². The Hall–Kier alpha value is -0.240. The lowest BCUT2D eigenvalue weighted by molar-refractivity contribution is 0.443. The first-order valence-electron chi connectivity index (χ1n) is 4.79. The highest BCUT2D eigenvalue weighted by atomic mass is 79.9. The van der Waals surface area contributed by atoms with Crippen molar-refractivity contribution in [1.29, 1.82) is 0 Å². The van der Waals surface area contributed by atoms with Crippen LogP contribution in [-0.2, 0) is 6.42 Å². The molecule has 0 aliphatic heterocycles. The van der Waals surface area contributed by atoms with Crippen LogP contribution in [0.1, 0.15) is 25.8 Å². The van der Waals surface area contributed by atoms with E-state index in [1.54, 1.807) is 6.26 Å². The van der Waals surface area contributed by atoms with Crippen LogP contribution in [-0.4, -0.2) is 5.33 Å². The third-order valence-electron chi connectivity index (χ3n) is 2.13. The third kappa shape index (κ3) is 3.99. The Bertz CT molecular complexity index is 216. The van der Waals surface area contributed by atoms with Gasteiger partial charge in [0.2, 0.25) is 0 Å². The van der Waals surface area contributed by atoms with E-state index in [1.807, 2.05) is 6.26 Å². The quantitative estimate of drug-likeness (QED) is 0.717. The van der Waals surface area contributed by atoms with Gasteiger partial charge in [-0.2, -0.15) is 0 Å². The molecule has 0 radical (unpaired) electrons. The van der Waals surface area contributed by atoms with Gasteiger partial charge in [-0.15, -0.1) is 0 Å². The summed E-state index contributed by atoms with van der Waals surface area (Å²) in [6, 6.07) is 2.05. The second-order valence-corrected chi connectivity index (χ2v) is 4.63. The highest BCUT2D eigenvalue weighted by molar-refractivity contribution is 9.09. The fourth-order valence-electron chi connectivity index (χ4n) is 1.61. The summed E-state index contributed by atoms with van der Waals surface area (Å²) in [5.74, 6) is 1.51. The average molecular weight is 245 g/mol. The summed E-state index contributed by atoms with van der Waals surface area (Å²) in [4.78, 5) is 0. The van der Waals surface area contributed by atoms with Gasteiger partial charge in [0, 0.05) is 5.33 Å². The Balaban J connectivity index is 2.40. The standard InChI is InChI=1S/C11H17BrO/c1-9(2)5-11(7-12)6-10-3-4-13-8-10/h3-4,8-9,11H,5-7H2,1-2H3. The summed E-state index contributed by atoms with van der Waals surface area (Å²) < 4.78 is 5.05. The lowest BCUT2D eigenvalue weighted by Crippen LogP contribution is -2.08. The minimum Gasteiger partial charge on any atom is -0.472 e. The van der Waals surface area contributed by atoms with Gasteiger partial charge in [0.05, 0.1) is 12.5 Å². The molecule has 0 aromatic carbocycles. The molecule has 0 bridgehead atoms. The van der Waals surface area contributed by atoms with E-state index in [4.69, 9.17) is 4.42 Å². The molecule has 0 amide bonds. The van der Waals surface area contributed by atoms with Gasteiger partial charge >= 0.3 is 0 Å². The molecule has 13 heavy (non-hydrogen) atoms. The van der Waals surface area contributed by atoms with E-state index in [2.05, 4.69) is 35.8 Å². The lowest BCUT2D eigenvalue weighted by atomic mass is 9.94. The van der Waals surface area contributed by atoms with Crippen LogP contribution in [0, 0.1) is 11.8 Å². The summed E-state index contributed by atoms with van der Waals surface area (Å²) >= 11 is 3.56. The molecule has 1 nitrogen and oxygen atoms in total. The van der Waals surface area contributed by atoms with Crippen molar-refractivity contribution in [2.24, 2.45) is 11.8 Å². The molecule has 74 valence electrons. The molecule has 0 saturated carbocycles. The number of hydrogen-bond donors (Lipinski definition) is 0. The normalized spacial score (nSPS) is 13.5. The molecule has 1 atom stereocenters. The number of alkyl halides is 1. The molecular weight excluding hydrogens is 228 g/mol. The third-order valence-corrected chi connectivity index (χ3v) is 3.04. The maximum absolute atomic E-state index is 5.05. The second kappa shape index (κ2) is 5.48. The van der Waals surface area contributed by atoms with E-state index >= 15 is 0 Å². The smallest absolute Gasteiger partial charge is 0.0934 e. The molecular formula is C11H17BrO. The zero-order valence-corrected chi connectivity index (χ0v) is 9.88. The average Bonchev–Trinajstić information content (AvgIpc) is 2.55. The van der Waals surface area contributed by atoms with E-state index in [1.165, 1.54) is 12.0 Å². The van der Waals surface area contributed by atoms with Crippen LogP contribution >= 0.6 is 15.9 Å². The van der Waals surface area contributed by atoms with E-state index in [0.717, 1.165) is 23.6 Å². The molecule has 1 aromatic rings. The molecule has 2 heteroatoms. The van der Waals surface area contributed by atoms with Gasteiger partial charge in [-0.05, 0) is 36.3 Å². The van der Waals surface area contributed by atoms with Crippen molar-refractivity contribution in [1.82, 2.24) is 0 Å². The van der Waals surface area contributed by atoms with Gasteiger partial charge in [0.1, 0.15) is 0 Å². The van der Waals surface area contributed by atoms with Crippen molar-refractivity contribution >= 4 is 15.9 Å². The van der Waals surface area contributed by atoms with Crippen molar-refractivity contribution in [3.05, 3.63) is 24.2 Å². The fourth-order valence-corrected chi connectivity index (χ4v) is 2.10. The maximum atomic E-state index is 5.05. The van der Waals surface area contributed by atoms with Crippen LogP contribution < -0.4 is 0 Å². The fraction of sp³-hybridized carbons (Fsp3) is 0.636. The minimum atomic E-state index is 0.734. The molecule has 0 spiro atoms. The first-order chi connectivity index (χ1) is 6.22. The molecule has 0 aliphatic carbocycles. The maximum Gasteiger partial charge on any atom is 0.0934 e. The predicted molar refractivity (Wildman–Crippen MR) is 59.2 cm³/mol. The molecule has 0 fully saturated rings. The Morgan fingerprint density at radius 3 is 2.69 bits per heavy atom. The number of halogens is 1. The van der Waals surface area contributed by atoms with Crippen molar-refractivity contribution < 1.29 is 4.42 Å². The van der Waals surface area contributed by atoms with Crippen LogP contribution in [0.25, 0.3) is 0 Å². The second-order valence-electron chi connectivity index (χ2n) is 3.99. The lowest BCUT2D eigenvalue weighted by Gasteiger charge is -2.14. The van der Waals surface area contributed by atoms with E-state index in [9.17, 15) is 0 Å². The Morgan fingerprint density at radius 1 is 1.46 bits per heavy atom. The van der Waals surface area contributed by atoms with Crippen molar-refractivity contribution in [2.45, 2.75) is 26.7 Å². The molecule has 1 unspecified atom stereocenters. The highest BCUT2D eigenvalue weighted by Crippen LogP contribution is 2.19. The van der Waals surface area contributed by atoms with Crippen molar-refractivity contribution in [3.8, 4) is 0 Å². The number of hydrogen-bond acceptors (Lipinski definition) is 1. The van der Waals surface area contributed by atoms with E-state index < -0.39 is 0 Å². The van der Waals surface area contributed by atoms with Crippen LogP contribution in [0.5, 0.6) is 0 Å². The molecule has 1 rings (SSSR count). The molecule has 0 saturated heterocycles. The Kier molecular flexibility index (Phi) is 4.57. The molecule has 0 N–H and O–H groups in total. The summed E-state index contributed by atoms with van der Waals surface area (Å²) in [6.45, 7) is 4.54. The molecule has 1 heterocycles. The van der Waals surface area contributed by atoms with Gasteiger partial charge in [0.25, 0.3) is 0 Å². The van der Waals surface area contributed by atoms with Crippen LogP contribution in [0.3, 0.4) is 0 Å². The summed E-state index contributed by atoms with van der Waals surface area (Å²) in [6.07, 6.45) is 5.99. The molecule has 0 aliphatic rings. The Labute approximate surface area is 88.6 Å². The summed E-state index contributed by atoms with van der Waals surface area (Å²) in [7, 11) is 0. The van der Waals surface area contributed by atoms with Crippen LogP contribution in [0.15, 0.2) is 23.0 Å².